The molecule has 100 valence electrons. The Morgan fingerprint density at radius 1 is 0.556 bits per heavy atom. The van der Waals surface area contributed by atoms with Crippen LogP contribution in [0.15, 0.2) is 0 Å². The molecule has 0 bridgehead atoms. The molecule has 0 rings (SSSR count). The van der Waals surface area contributed by atoms with Gasteiger partial charge in [-0.15, -0.1) is 0 Å². The summed E-state index contributed by atoms with van der Waals surface area (Å²) in [7, 11) is 0. The first-order valence-corrected chi connectivity index (χ1v) is 6.52. The van der Waals surface area contributed by atoms with E-state index < -0.39 is 11.9 Å². The smallest absolute Gasteiger partial charge is 0.550 e. The third-order valence-corrected chi connectivity index (χ3v) is 2.76. The summed E-state index contributed by atoms with van der Waals surface area (Å²) in [5, 5.41) is 20.3. The maximum absolute atomic E-state index is 10.1. The second kappa shape index (κ2) is 14.8. The van der Waals surface area contributed by atoms with E-state index in [2.05, 4.69) is 0 Å². The molecule has 0 aromatic heterocycles. The van der Waals surface area contributed by atoms with Gasteiger partial charge in [-0.2, -0.15) is 0 Å². The molecule has 0 amide bonds. The molecule has 0 saturated heterocycles. The SMILES string of the molecule is O=C([O-])CCCCCCCCCCCC(=O)[O-].[Mg+2]. The maximum atomic E-state index is 10.1. The third-order valence-electron chi connectivity index (χ3n) is 2.76. The number of unbranched alkanes of at least 4 members (excludes halogenated alkanes) is 8. The number of carboxylic acid groups (broad SMARTS) is 2. The monoisotopic (exact) mass is 266 g/mol. The standard InChI is InChI=1S/C13H24O4.Mg/c14-12(15)10-8-6-4-2-1-3-5-7-9-11-13(16)17;/h1-11H2,(H,14,15)(H,16,17);/q;+2/p-2. The molecule has 0 aliphatic carbocycles. The number of hydrogen-bond donors (Lipinski definition) is 0. The number of aliphatic carboxylic acids is 2. The van der Waals surface area contributed by atoms with E-state index in [1.54, 1.807) is 0 Å². The average Bonchev–Trinajstić information content (AvgIpc) is 2.25. The van der Waals surface area contributed by atoms with Crippen molar-refractivity contribution in [2.75, 3.05) is 0 Å². The van der Waals surface area contributed by atoms with Crippen molar-refractivity contribution in [1.82, 2.24) is 0 Å². The third kappa shape index (κ3) is 18.1. The van der Waals surface area contributed by atoms with Gasteiger partial charge in [0.25, 0.3) is 0 Å². The fraction of sp³-hybridized carbons (Fsp3) is 0.846. The van der Waals surface area contributed by atoms with E-state index in [1.807, 2.05) is 0 Å². The van der Waals surface area contributed by atoms with Crippen LogP contribution in [0.25, 0.3) is 0 Å². The number of carbonyl (C=O) groups excluding carboxylic acids is 2. The van der Waals surface area contributed by atoms with E-state index in [4.69, 9.17) is 0 Å². The van der Waals surface area contributed by atoms with Crippen molar-refractivity contribution in [3.8, 4) is 0 Å². The summed E-state index contributed by atoms with van der Waals surface area (Å²) in [6.45, 7) is 0. The molecule has 0 saturated carbocycles. The van der Waals surface area contributed by atoms with Gasteiger partial charge in [-0.25, -0.2) is 0 Å². The topological polar surface area (TPSA) is 80.3 Å². The van der Waals surface area contributed by atoms with E-state index in [0.29, 0.717) is 12.8 Å². The van der Waals surface area contributed by atoms with Crippen LogP contribution < -0.4 is 10.2 Å². The van der Waals surface area contributed by atoms with E-state index >= 15 is 0 Å². The zero-order valence-corrected chi connectivity index (χ0v) is 12.5. The first-order chi connectivity index (χ1) is 8.13. The molecule has 18 heavy (non-hydrogen) atoms. The van der Waals surface area contributed by atoms with Crippen LogP contribution in [0.3, 0.4) is 0 Å². The summed E-state index contributed by atoms with van der Waals surface area (Å²) >= 11 is 0. The van der Waals surface area contributed by atoms with Crippen LogP contribution in [0.2, 0.25) is 0 Å². The molecule has 0 aromatic rings. The summed E-state index contributed by atoms with van der Waals surface area (Å²) < 4.78 is 0. The van der Waals surface area contributed by atoms with E-state index in [0.717, 1.165) is 44.9 Å². The van der Waals surface area contributed by atoms with Gasteiger partial charge in [0, 0.05) is 11.9 Å². The molecule has 0 aliphatic heterocycles. The zero-order valence-electron chi connectivity index (χ0n) is 11.1. The van der Waals surface area contributed by atoms with Crippen LogP contribution in [-0.2, 0) is 9.59 Å². The van der Waals surface area contributed by atoms with Crippen LogP contribution in [0, 0.1) is 0 Å². The summed E-state index contributed by atoms with van der Waals surface area (Å²) in [6.07, 6.45) is 9.25. The Morgan fingerprint density at radius 3 is 1.00 bits per heavy atom. The number of hydrogen-bond acceptors (Lipinski definition) is 4. The Kier molecular flexibility index (Phi) is 16.4. The van der Waals surface area contributed by atoms with Gasteiger partial charge in [0.05, 0.1) is 0 Å². The first kappa shape index (κ1) is 20.0. The minimum Gasteiger partial charge on any atom is -0.550 e. The predicted octanol–water partition coefficient (Wildman–Crippen LogP) is 0.396. The molecule has 0 N–H and O–H groups in total. The summed E-state index contributed by atoms with van der Waals surface area (Å²) in [5.41, 5.74) is 0. The second-order valence-electron chi connectivity index (χ2n) is 4.43. The van der Waals surface area contributed by atoms with Gasteiger partial charge in [-0.3, -0.25) is 0 Å². The fourth-order valence-electron chi connectivity index (χ4n) is 1.78. The Labute approximate surface area is 125 Å². The molecule has 0 radical (unpaired) electrons. The van der Waals surface area contributed by atoms with Gasteiger partial charge < -0.3 is 19.8 Å². The van der Waals surface area contributed by atoms with E-state index in [1.165, 1.54) is 0 Å². The summed E-state index contributed by atoms with van der Waals surface area (Å²) in [4.78, 5) is 20.3. The van der Waals surface area contributed by atoms with Crippen LogP contribution in [-0.4, -0.2) is 35.0 Å². The predicted molar refractivity (Wildman–Crippen MR) is 66.6 cm³/mol. The summed E-state index contributed by atoms with van der Waals surface area (Å²) in [5.74, 6) is -1.92. The minimum atomic E-state index is -0.960. The van der Waals surface area contributed by atoms with Gasteiger partial charge in [-0.1, -0.05) is 44.9 Å². The van der Waals surface area contributed by atoms with Crippen LogP contribution in [0.4, 0.5) is 0 Å². The Morgan fingerprint density at radius 2 is 0.778 bits per heavy atom. The zero-order chi connectivity index (χ0) is 12.9. The van der Waals surface area contributed by atoms with Crippen molar-refractivity contribution in [3.63, 3.8) is 0 Å². The second-order valence-corrected chi connectivity index (χ2v) is 4.43. The van der Waals surface area contributed by atoms with Crippen LogP contribution >= 0.6 is 0 Å². The van der Waals surface area contributed by atoms with Gasteiger partial charge in [0.2, 0.25) is 0 Å². The Balaban J connectivity index is 0. The minimum absolute atomic E-state index is 0. The molecular formula is C13H22MgO4. The largest absolute Gasteiger partial charge is 2.00 e. The van der Waals surface area contributed by atoms with Gasteiger partial charge in [-0.05, 0) is 25.7 Å². The molecule has 0 atom stereocenters. The van der Waals surface area contributed by atoms with Crippen molar-refractivity contribution < 1.29 is 19.8 Å². The van der Waals surface area contributed by atoms with Crippen molar-refractivity contribution in [3.05, 3.63) is 0 Å². The van der Waals surface area contributed by atoms with Crippen LogP contribution in [0.5, 0.6) is 0 Å². The maximum Gasteiger partial charge on any atom is 2.00 e. The van der Waals surface area contributed by atoms with Crippen molar-refractivity contribution >= 4 is 35.0 Å². The Bertz CT molecular complexity index is 197. The van der Waals surface area contributed by atoms with Crippen molar-refractivity contribution in [1.29, 1.82) is 0 Å². The molecule has 0 unspecified atom stereocenters. The molecule has 0 fully saturated rings. The average molecular weight is 267 g/mol. The molecule has 0 aliphatic rings. The van der Waals surface area contributed by atoms with Gasteiger partial charge >= 0.3 is 23.1 Å². The number of rotatable bonds is 12. The summed E-state index contributed by atoms with van der Waals surface area (Å²) in [6, 6.07) is 0. The molecule has 4 nitrogen and oxygen atoms in total. The normalized spacial score (nSPS) is 9.78. The quantitative estimate of drug-likeness (QED) is 0.378. The number of carbonyl (C=O) groups is 2. The first-order valence-electron chi connectivity index (χ1n) is 6.52. The molecule has 0 spiro atoms. The fourth-order valence-corrected chi connectivity index (χ4v) is 1.78. The molecule has 5 heteroatoms. The molecule has 0 heterocycles. The van der Waals surface area contributed by atoms with E-state index in [-0.39, 0.29) is 35.9 Å². The number of carboxylic acids is 2. The van der Waals surface area contributed by atoms with Crippen molar-refractivity contribution in [2.24, 2.45) is 0 Å². The molecule has 0 aromatic carbocycles. The van der Waals surface area contributed by atoms with E-state index in [9.17, 15) is 19.8 Å². The Hall–Kier alpha value is -0.294. The van der Waals surface area contributed by atoms with Gasteiger partial charge in [0.1, 0.15) is 0 Å². The van der Waals surface area contributed by atoms with Crippen molar-refractivity contribution in [2.45, 2.75) is 70.6 Å². The van der Waals surface area contributed by atoms with Gasteiger partial charge in [0.15, 0.2) is 0 Å². The van der Waals surface area contributed by atoms with Crippen LogP contribution in [0.1, 0.15) is 70.6 Å². The molecular weight excluding hydrogens is 244 g/mol.